The quantitative estimate of drug-likeness (QED) is 0.544. The van der Waals surface area contributed by atoms with Crippen molar-refractivity contribution in [3.8, 4) is 0 Å². The summed E-state index contributed by atoms with van der Waals surface area (Å²) in [5.74, 6) is -0.290. The van der Waals surface area contributed by atoms with E-state index >= 15 is 0 Å². The third kappa shape index (κ3) is 2.42. The first-order valence-corrected chi connectivity index (χ1v) is 5.39. The summed E-state index contributed by atoms with van der Waals surface area (Å²) in [6.07, 6.45) is 1.16. The van der Waals surface area contributed by atoms with Gasteiger partial charge in [-0.15, -0.1) is 0 Å². The van der Waals surface area contributed by atoms with Crippen LogP contribution in [0, 0.1) is 16.6 Å². The van der Waals surface area contributed by atoms with Crippen molar-refractivity contribution in [3.63, 3.8) is 0 Å². The van der Waals surface area contributed by atoms with Gasteiger partial charge in [-0.1, -0.05) is 0 Å². The van der Waals surface area contributed by atoms with Gasteiger partial charge in [0.05, 0.1) is 19.3 Å². The molecule has 5 nitrogen and oxygen atoms in total. The molecule has 2 rings (SSSR count). The molecule has 1 saturated heterocycles. The number of pyridine rings is 1. The van der Waals surface area contributed by atoms with Crippen LogP contribution in [0.5, 0.6) is 0 Å². The van der Waals surface area contributed by atoms with Crippen molar-refractivity contribution in [2.75, 3.05) is 26.8 Å². The van der Waals surface area contributed by atoms with E-state index in [1.165, 1.54) is 16.7 Å². The lowest BCUT2D eigenvalue weighted by atomic mass is 10.2. The maximum atomic E-state index is 13.1. The van der Waals surface area contributed by atoms with E-state index in [1.807, 2.05) is 11.9 Å². The number of nitrogens with zero attached hydrogens (tertiary/aromatic N) is 2. The third-order valence-electron chi connectivity index (χ3n) is 2.88. The van der Waals surface area contributed by atoms with E-state index < -0.39 is 5.82 Å². The Morgan fingerprint density at radius 1 is 1.53 bits per heavy atom. The highest BCUT2D eigenvalue weighted by molar-refractivity contribution is 5.86. The minimum atomic E-state index is -0.454. The summed E-state index contributed by atoms with van der Waals surface area (Å²) in [4.78, 5) is 1.98. The first-order valence-electron chi connectivity index (χ1n) is 5.39. The second kappa shape index (κ2) is 4.77. The summed E-state index contributed by atoms with van der Waals surface area (Å²) in [7, 11) is 1.89. The Hall–Kier alpha value is -1.53. The Balaban J connectivity index is 2.30. The van der Waals surface area contributed by atoms with E-state index in [-0.39, 0.29) is 17.4 Å². The highest BCUT2D eigenvalue weighted by atomic mass is 19.1. The van der Waals surface area contributed by atoms with Gasteiger partial charge in [0.1, 0.15) is 17.1 Å². The third-order valence-corrected chi connectivity index (χ3v) is 2.88. The summed E-state index contributed by atoms with van der Waals surface area (Å²) in [6.45, 7) is 1.77. The van der Waals surface area contributed by atoms with Crippen molar-refractivity contribution in [2.24, 2.45) is 0 Å². The van der Waals surface area contributed by atoms with Crippen LogP contribution in [0.3, 0.4) is 0 Å². The SMILES string of the molecule is CN1CCOC[C@@H]1C(=N)n1cc(F)ccc1=N. The number of halogens is 1. The van der Waals surface area contributed by atoms with Gasteiger partial charge >= 0.3 is 0 Å². The Bertz CT molecular complexity index is 485. The van der Waals surface area contributed by atoms with E-state index in [2.05, 4.69) is 0 Å². The molecule has 2 N–H and O–H groups in total. The number of rotatable bonds is 1. The molecule has 1 fully saturated rings. The number of nitrogens with one attached hydrogen (secondary N) is 2. The lowest BCUT2D eigenvalue weighted by molar-refractivity contribution is 0.0287. The predicted molar refractivity (Wildman–Crippen MR) is 60.6 cm³/mol. The number of likely N-dealkylation sites (N-methyl/N-ethyl adjacent to an activating group) is 1. The summed E-state index contributed by atoms with van der Waals surface area (Å²) in [6, 6.07) is 2.32. The minimum absolute atomic E-state index is 0.0929. The van der Waals surface area contributed by atoms with E-state index in [4.69, 9.17) is 15.6 Å². The van der Waals surface area contributed by atoms with Crippen molar-refractivity contribution in [2.45, 2.75) is 6.04 Å². The fourth-order valence-corrected chi connectivity index (χ4v) is 1.81. The number of hydrogen-bond acceptors (Lipinski definition) is 4. The molecule has 0 amide bonds. The number of ether oxygens (including phenoxy) is 1. The predicted octanol–water partition coefficient (Wildman–Crippen LogP) is 0.263. The van der Waals surface area contributed by atoms with Crippen LogP contribution in [0.2, 0.25) is 0 Å². The molecule has 1 atom stereocenters. The van der Waals surface area contributed by atoms with Gasteiger partial charge in [0, 0.05) is 12.7 Å². The highest BCUT2D eigenvalue weighted by Gasteiger charge is 2.25. The van der Waals surface area contributed by atoms with Crippen LogP contribution in [0.15, 0.2) is 18.3 Å². The molecule has 92 valence electrons. The first kappa shape index (κ1) is 11.9. The highest BCUT2D eigenvalue weighted by Crippen LogP contribution is 2.06. The zero-order valence-electron chi connectivity index (χ0n) is 9.61. The average Bonchev–Trinajstić information content (AvgIpc) is 2.32. The van der Waals surface area contributed by atoms with Crippen LogP contribution in [-0.4, -0.2) is 48.2 Å². The Kier molecular flexibility index (Phi) is 3.35. The van der Waals surface area contributed by atoms with Gasteiger partial charge in [-0.25, -0.2) is 4.39 Å². The monoisotopic (exact) mass is 238 g/mol. The van der Waals surface area contributed by atoms with Gasteiger partial charge < -0.3 is 4.74 Å². The van der Waals surface area contributed by atoms with Crippen LogP contribution in [0.1, 0.15) is 0 Å². The van der Waals surface area contributed by atoms with Gasteiger partial charge in [-0.3, -0.25) is 20.3 Å². The topological polar surface area (TPSA) is 65.1 Å². The number of hydrogen-bond donors (Lipinski definition) is 2. The van der Waals surface area contributed by atoms with Crippen molar-refractivity contribution in [3.05, 3.63) is 29.6 Å². The van der Waals surface area contributed by atoms with Gasteiger partial charge in [0.15, 0.2) is 0 Å². The molecule has 1 aromatic heterocycles. The molecule has 0 radical (unpaired) electrons. The van der Waals surface area contributed by atoms with E-state index in [0.29, 0.717) is 13.2 Å². The fourth-order valence-electron chi connectivity index (χ4n) is 1.81. The zero-order chi connectivity index (χ0) is 12.4. The Morgan fingerprint density at radius 3 is 3.00 bits per heavy atom. The number of aromatic nitrogens is 1. The van der Waals surface area contributed by atoms with Crippen LogP contribution < -0.4 is 5.49 Å². The molecule has 0 saturated carbocycles. The van der Waals surface area contributed by atoms with Crippen molar-refractivity contribution in [1.82, 2.24) is 9.47 Å². The smallest absolute Gasteiger partial charge is 0.140 e. The molecule has 6 heteroatoms. The van der Waals surface area contributed by atoms with Crippen molar-refractivity contribution in [1.29, 1.82) is 10.8 Å². The van der Waals surface area contributed by atoms with Gasteiger partial charge in [-0.05, 0) is 19.2 Å². The fraction of sp³-hybridized carbons (Fsp3) is 0.455. The molecule has 17 heavy (non-hydrogen) atoms. The van der Waals surface area contributed by atoms with E-state index in [0.717, 1.165) is 12.7 Å². The molecular weight excluding hydrogens is 223 g/mol. The maximum absolute atomic E-state index is 13.1. The molecular formula is C11H15FN4O. The summed E-state index contributed by atoms with van der Waals surface area (Å²) in [5, 5.41) is 15.7. The van der Waals surface area contributed by atoms with Gasteiger partial charge in [0.2, 0.25) is 0 Å². The van der Waals surface area contributed by atoms with Crippen LogP contribution in [0.4, 0.5) is 4.39 Å². The van der Waals surface area contributed by atoms with E-state index in [9.17, 15) is 4.39 Å². The van der Waals surface area contributed by atoms with Crippen molar-refractivity contribution < 1.29 is 9.13 Å². The lowest BCUT2D eigenvalue weighted by Crippen LogP contribution is -2.51. The molecule has 0 bridgehead atoms. The largest absolute Gasteiger partial charge is 0.378 e. The summed E-state index contributed by atoms with van der Waals surface area (Å²) < 4.78 is 19.7. The van der Waals surface area contributed by atoms with Crippen molar-refractivity contribution >= 4 is 5.84 Å². The average molecular weight is 238 g/mol. The maximum Gasteiger partial charge on any atom is 0.140 e. The lowest BCUT2D eigenvalue weighted by Gasteiger charge is -2.33. The second-order valence-corrected chi connectivity index (χ2v) is 4.06. The Morgan fingerprint density at radius 2 is 2.29 bits per heavy atom. The molecule has 0 aromatic carbocycles. The van der Waals surface area contributed by atoms with Crippen LogP contribution in [0.25, 0.3) is 0 Å². The van der Waals surface area contributed by atoms with Crippen LogP contribution in [-0.2, 0) is 4.74 Å². The normalized spacial score (nSPS) is 21.4. The second-order valence-electron chi connectivity index (χ2n) is 4.06. The first-order chi connectivity index (χ1) is 8.09. The molecule has 0 aliphatic carbocycles. The molecule has 1 aromatic rings. The molecule has 0 unspecified atom stereocenters. The standard InChI is InChI=1S/C11H15FN4O/c1-15-4-5-17-7-9(15)11(14)16-6-8(12)2-3-10(16)13/h2-3,6,9,13-14H,4-5,7H2,1H3/t9-/m1/s1. The Labute approximate surface area is 98.5 Å². The van der Waals surface area contributed by atoms with E-state index in [1.54, 1.807) is 0 Å². The molecule has 0 spiro atoms. The zero-order valence-corrected chi connectivity index (χ0v) is 9.61. The molecule has 2 heterocycles. The van der Waals surface area contributed by atoms with Crippen LogP contribution >= 0.6 is 0 Å². The minimum Gasteiger partial charge on any atom is -0.378 e. The van der Waals surface area contributed by atoms with Gasteiger partial charge in [0.25, 0.3) is 0 Å². The summed E-state index contributed by atoms with van der Waals surface area (Å²) >= 11 is 0. The molecule has 1 aliphatic heterocycles. The van der Waals surface area contributed by atoms with Gasteiger partial charge in [-0.2, -0.15) is 0 Å². The molecule has 1 aliphatic rings. The number of morpholine rings is 1. The summed E-state index contributed by atoms with van der Waals surface area (Å²) in [5.41, 5.74) is 0.0929.